The highest BCUT2D eigenvalue weighted by Gasteiger charge is 2.18. The maximum absolute atomic E-state index is 12.0. The van der Waals surface area contributed by atoms with Crippen LogP contribution in [0.2, 0.25) is 0 Å². The number of hydrogen-bond donors (Lipinski definition) is 0. The van der Waals surface area contributed by atoms with Crippen LogP contribution in [0.4, 0.5) is 0 Å². The third-order valence-electron chi connectivity index (χ3n) is 3.35. The van der Waals surface area contributed by atoms with Crippen LogP contribution in [-0.2, 0) is 14.8 Å². The normalized spacial score (nSPS) is 11.0. The first-order chi connectivity index (χ1) is 12.2. The van der Waals surface area contributed by atoms with Gasteiger partial charge in [-0.25, -0.2) is 9.59 Å². The SMILES string of the molecule is COC(=O)c1ccc(Oc2ccc(C(=O)OC(C)(C)C)cc2)cc1CBr. The Hall–Kier alpha value is -2.34. The van der Waals surface area contributed by atoms with Crippen molar-refractivity contribution in [2.75, 3.05) is 7.11 Å². The molecule has 0 spiro atoms. The number of halogens is 1. The molecule has 0 saturated carbocycles. The summed E-state index contributed by atoms with van der Waals surface area (Å²) in [5.41, 5.74) is 1.16. The van der Waals surface area contributed by atoms with Gasteiger partial charge in [0.15, 0.2) is 0 Å². The van der Waals surface area contributed by atoms with E-state index in [1.807, 2.05) is 20.8 Å². The summed E-state index contributed by atoms with van der Waals surface area (Å²) in [6.07, 6.45) is 0. The van der Waals surface area contributed by atoms with E-state index in [-0.39, 0.29) is 5.97 Å². The smallest absolute Gasteiger partial charge is 0.338 e. The van der Waals surface area contributed by atoms with Crippen LogP contribution in [0.1, 0.15) is 47.1 Å². The predicted octanol–water partition coefficient (Wildman–Crippen LogP) is 5.12. The summed E-state index contributed by atoms with van der Waals surface area (Å²) in [5, 5.41) is 0.492. The fourth-order valence-electron chi connectivity index (χ4n) is 2.19. The van der Waals surface area contributed by atoms with Crippen LogP contribution in [0.25, 0.3) is 0 Å². The molecule has 138 valence electrons. The summed E-state index contributed by atoms with van der Waals surface area (Å²) >= 11 is 3.36. The molecular weight excluding hydrogens is 400 g/mol. The summed E-state index contributed by atoms with van der Waals surface area (Å²) in [4.78, 5) is 23.8. The van der Waals surface area contributed by atoms with E-state index in [1.54, 1.807) is 42.5 Å². The molecular formula is C20H21BrO5. The number of carbonyl (C=O) groups is 2. The van der Waals surface area contributed by atoms with Crippen molar-refractivity contribution in [2.45, 2.75) is 31.7 Å². The van der Waals surface area contributed by atoms with Crippen LogP contribution >= 0.6 is 15.9 Å². The number of rotatable bonds is 5. The maximum Gasteiger partial charge on any atom is 0.338 e. The summed E-state index contributed by atoms with van der Waals surface area (Å²) in [6.45, 7) is 5.46. The van der Waals surface area contributed by atoms with Gasteiger partial charge in [-0.05, 0) is 68.8 Å². The molecule has 26 heavy (non-hydrogen) atoms. The van der Waals surface area contributed by atoms with Crippen molar-refractivity contribution in [3.8, 4) is 11.5 Å². The Kier molecular flexibility index (Phi) is 6.42. The van der Waals surface area contributed by atoms with Gasteiger partial charge >= 0.3 is 11.9 Å². The monoisotopic (exact) mass is 420 g/mol. The Morgan fingerprint density at radius 3 is 2.12 bits per heavy atom. The van der Waals surface area contributed by atoms with E-state index in [0.29, 0.717) is 28.0 Å². The minimum atomic E-state index is -0.542. The number of hydrogen-bond acceptors (Lipinski definition) is 5. The zero-order valence-electron chi connectivity index (χ0n) is 15.2. The van der Waals surface area contributed by atoms with E-state index in [9.17, 15) is 9.59 Å². The second-order valence-electron chi connectivity index (χ2n) is 6.57. The average molecular weight is 421 g/mol. The average Bonchev–Trinajstić information content (AvgIpc) is 2.60. The van der Waals surface area contributed by atoms with Crippen molar-refractivity contribution in [3.05, 3.63) is 59.2 Å². The molecule has 0 heterocycles. The van der Waals surface area contributed by atoms with Crippen LogP contribution in [-0.4, -0.2) is 24.6 Å². The van der Waals surface area contributed by atoms with Gasteiger partial charge in [-0.1, -0.05) is 15.9 Å². The minimum Gasteiger partial charge on any atom is -0.465 e. The Morgan fingerprint density at radius 2 is 1.58 bits per heavy atom. The van der Waals surface area contributed by atoms with Gasteiger partial charge < -0.3 is 14.2 Å². The number of carbonyl (C=O) groups excluding carboxylic acids is 2. The van der Waals surface area contributed by atoms with Crippen molar-refractivity contribution in [1.82, 2.24) is 0 Å². The zero-order chi connectivity index (χ0) is 19.3. The molecule has 0 radical (unpaired) electrons. The van der Waals surface area contributed by atoms with Gasteiger partial charge in [0, 0.05) is 5.33 Å². The van der Waals surface area contributed by atoms with Crippen LogP contribution in [0, 0.1) is 0 Å². The van der Waals surface area contributed by atoms with Crippen LogP contribution in [0.3, 0.4) is 0 Å². The first-order valence-corrected chi connectivity index (χ1v) is 9.14. The molecule has 0 N–H and O–H groups in total. The van der Waals surface area contributed by atoms with Crippen molar-refractivity contribution < 1.29 is 23.8 Å². The molecule has 0 unspecified atom stereocenters. The number of esters is 2. The summed E-state index contributed by atoms with van der Waals surface area (Å²) in [7, 11) is 1.34. The lowest BCUT2D eigenvalue weighted by atomic mass is 10.1. The fraction of sp³-hybridized carbons (Fsp3) is 0.300. The molecule has 5 nitrogen and oxygen atoms in total. The molecule has 2 aromatic rings. The van der Waals surface area contributed by atoms with E-state index in [2.05, 4.69) is 15.9 Å². The topological polar surface area (TPSA) is 61.8 Å². The maximum atomic E-state index is 12.0. The molecule has 0 atom stereocenters. The highest BCUT2D eigenvalue weighted by molar-refractivity contribution is 9.08. The van der Waals surface area contributed by atoms with Crippen LogP contribution in [0.15, 0.2) is 42.5 Å². The third-order valence-corrected chi connectivity index (χ3v) is 3.95. The Morgan fingerprint density at radius 1 is 0.962 bits per heavy atom. The largest absolute Gasteiger partial charge is 0.465 e. The van der Waals surface area contributed by atoms with E-state index in [0.717, 1.165) is 5.56 Å². The second kappa shape index (κ2) is 8.36. The molecule has 0 aliphatic carbocycles. The number of alkyl halides is 1. The predicted molar refractivity (Wildman–Crippen MR) is 102 cm³/mol. The quantitative estimate of drug-likeness (QED) is 0.496. The summed E-state index contributed by atoms with van der Waals surface area (Å²) in [6, 6.07) is 11.8. The Balaban J connectivity index is 2.14. The molecule has 0 bridgehead atoms. The van der Waals surface area contributed by atoms with Gasteiger partial charge in [-0.3, -0.25) is 0 Å². The van der Waals surface area contributed by atoms with Gasteiger partial charge in [0.2, 0.25) is 0 Å². The molecule has 0 aliphatic heterocycles. The van der Waals surface area contributed by atoms with Crippen molar-refractivity contribution in [1.29, 1.82) is 0 Å². The molecule has 0 saturated heterocycles. The number of ether oxygens (including phenoxy) is 3. The van der Waals surface area contributed by atoms with Crippen molar-refractivity contribution in [2.24, 2.45) is 0 Å². The lowest BCUT2D eigenvalue weighted by molar-refractivity contribution is 0.00693. The molecule has 0 fully saturated rings. The van der Waals surface area contributed by atoms with Gasteiger partial charge in [-0.15, -0.1) is 0 Å². The van der Waals surface area contributed by atoms with Gasteiger partial charge in [0.05, 0.1) is 18.2 Å². The standard InChI is InChI=1S/C20H21BrO5/c1-20(2,3)26-18(22)13-5-7-15(8-6-13)25-16-9-10-17(19(23)24-4)14(11-16)12-21/h5-11H,12H2,1-4H3. The van der Waals surface area contributed by atoms with E-state index >= 15 is 0 Å². The lowest BCUT2D eigenvalue weighted by Crippen LogP contribution is -2.23. The van der Waals surface area contributed by atoms with Crippen molar-refractivity contribution in [3.63, 3.8) is 0 Å². The minimum absolute atomic E-state index is 0.381. The molecule has 0 aromatic heterocycles. The highest BCUT2D eigenvalue weighted by Crippen LogP contribution is 2.26. The van der Waals surface area contributed by atoms with Crippen molar-refractivity contribution >= 4 is 27.9 Å². The van der Waals surface area contributed by atoms with Gasteiger partial charge in [-0.2, -0.15) is 0 Å². The Labute approximate surface area is 161 Å². The molecule has 0 amide bonds. The fourth-order valence-corrected chi connectivity index (χ4v) is 2.65. The van der Waals surface area contributed by atoms with Crippen LogP contribution < -0.4 is 4.74 Å². The number of methoxy groups -OCH3 is 1. The highest BCUT2D eigenvalue weighted by atomic mass is 79.9. The van der Waals surface area contributed by atoms with E-state index in [4.69, 9.17) is 14.2 Å². The first-order valence-electron chi connectivity index (χ1n) is 8.02. The lowest BCUT2D eigenvalue weighted by Gasteiger charge is -2.19. The second-order valence-corrected chi connectivity index (χ2v) is 7.13. The van der Waals surface area contributed by atoms with Gasteiger partial charge in [0.25, 0.3) is 0 Å². The third kappa shape index (κ3) is 5.33. The zero-order valence-corrected chi connectivity index (χ0v) is 16.8. The molecule has 0 aliphatic rings. The molecule has 2 rings (SSSR count). The Bertz CT molecular complexity index is 791. The number of benzene rings is 2. The molecule has 2 aromatic carbocycles. The van der Waals surface area contributed by atoms with Crippen LogP contribution in [0.5, 0.6) is 11.5 Å². The van der Waals surface area contributed by atoms with E-state index in [1.165, 1.54) is 7.11 Å². The molecule has 6 heteroatoms. The van der Waals surface area contributed by atoms with E-state index < -0.39 is 11.6 Å². The van der Waals surface area contributed by atoms with Gasteiger partial charge in [0.1, 0.15) is 17.1 Å². The summed E-state index contributed by atoms with van der Waals surface area (Å²) < 4.78 is 15.9. The first kappa shape index (κ1) is 20.0. The summed E-state index contributed by atoms with van der Waals surface area (Å²) in [5.74, 6) is 0.376.